The van der Waals surface area contributed by atoms with Gasteiger partial charge in [0, 0.05) is 0 Å². The molecule has 1 rings (SSSR count). The van der Waals surface area contributed by atoms with Crippen LogP contribution in [-0.2, 0) is 5.11 Å². The predicted octanol–water partition coefficient (Wildman–Crippen LogP) is 2.18. The molecule has 0 unspecified atom stereocenters. The summed E-state index contributed by atoms with van der Waals surface area (Å²) >= 11 is 0. The van der Waals surface area contributed by atoms with E-state index in [4.69, 9.17) is 0 Å². The Hall–Kier alpha value is -1.31. The van der Waals surface area contributed by atoms with Gasteiger partial charge in [-0.1, -0.05) is 6.07 Å². The van der Waals surface area contributed by atoms with Crippen molar-refractivity contribution in [2.24, 2.45) is 0 Å². The van der Waals surface area contributed by atoms with E-state index in [1.165, 1.54) is 0 Å². The highest BCUT2D eigenvalue weighted by Crippen LogP contribution is 2.15. The number of hydrogen-bond donors (Lipinski definition) is 0. The summed E-state index contributed by atoms with van der Waals surface area (Å²) in [4.78, 5) is 10.6. The van der Waals surface area contributed by atoms with E-state index in [2.05, 4.69) is 0 Å². The molecule has 0 heterocycles. The van der Waals surface area contributed by atoms with Gasteiger partial charge in [-0.25, -0.2) is 9.90 Å². The van der Waals surface area contributed by atoms with Gasteiger partial charge >= 0.3 is 5.97 Å². The van der Waals surface area contributed by atoms with E-state index >= 15 is 0 Å². The molecule has 0 aliphatic carbocycles. The minimum Gasteiger partial charge on any atom is -0.241 e. The van der Waals surface area contributed by atoms with Gasteiger partial charge in [0.1, 0.15) is 0 Å². The van der Waals surface area contributed by atoms with E-state index in [0.29, 0.717) is 5.56 Å². The fraction of sp³-hybridized carbons (Fsp3) is 0.300. The zero-order valence-corrected chi connectivity index (χ0v) is 7.47. The van der Waals surface area contributed by atoms with E-state index in [1.807, 2.05) is 19.9 Å². The molecule has 1 aromatic rings. The first-order valence-electron chi connectivity index (χ1n) is 3.81. The second-order valence-electron chi connectivity index (χ2n) is 3.04. The zero-order chi connectivity index (χ0) is 9.30. The van der Waals surface area contributed by atoms with Crippen LogP contribution < -0.4 is 0 Å². The summed E-state index contributed by atoms with van der Waals surface area (Å²) in [5.41, 5.74) is 3.04. The van der Waals surface area contributed by atoms with Crippen LogP contribution >= 0.6 is 0 Å². The Kier molecular flexibility index (Phi) is 2.18. The number of rotatable bonds is 1. The van der Waals surface area contributed by atoms with Crippen LogP contribution in [0.15, 0.2) is 12.1 Å². The van der Waals surface area contributed by atoms with Crippen LogP contribution in [0.4, 0.5) is 0 Å². The molecule has 1 radical (unpaired) electrons. The SMILES string of the molecule is Cc1cc(C)c(C)c(C([O])=O)c1. The Balaban J connectivity index is 3.37. The number of carbonyl (C=O) groups excluding carboxylic acids is 1. The lowest BCUT2D eigenvalue weighted by molar-refractivity contribution is 0.0572. The normalized spacial score (nSPS) is 9.92. The average molecular weight is 163 g/mol. The molecule has 2 nitrogen and oxygen atoms in total. The van der Waals surface area contributed by atoms with E-state index < -0.39 is 5.97 Å². The van der Waals surface area contributed by atoms with Crippen LogP contribution in [0.25, 0.3) is 0 Å². The van der Waals surface area contributed by atoms with Crippen molar-refractivity contribution in [2.45, 2.75) is 20.8 Å². The van der Waals surface area contributed by atoms with Crippen molar-refractivity contribution in [1.82, 2.24) is 0 Å². The lowest BCUT2D eigenvalue weighted by Crippen LogP contribution is -2.00. The van der Waals surface area contributed by atoms with Gasteiger partial charge < -0.3 is 0 Å². The quantitative estimate of drug-likeness (QED) is 0.625. The summed E-state index contributed by atoms with van der Waals surface area (Å²) in [6, 6.07) is 3.60. The van der Waals surface area contributed by atoms with Crippen LogP contribution in [0.3, 0.4) is 0 Å². The van der Waals surface area contributed by atoms with Gasteiger partial charge in [0.15, 0.2) is 0 Å². The molecule has 0 bridgehead atoms. The first-order chi connectivity index (χ1) is 5.52. The number of carbonyl (C=O) groups is 1. The molecule has 0 fully saturated rings. The molecule has 63 valence electrons. The molecular weight excluding hydrogens is 152 g/mol. The van der Waals surface area contributed by atoms with Crippen LogP contribution in [0.5, 0.6) is 0 Å². The lowest BCUT2D eigenvalue weighted by atomic mass is 10.0. The van der Waals surface area contributed by atoms with Gasteiger partial charge in [-0.2, -0.15) is 0 Å². The fourth-order valence-corrected chi connectivity index (χ4v) is 1.25. The topological polar surface area (TPSA) is 37.0 Å². The van der Waals surface area contributed by atoms with E-state index in [9.17, 15) is 9.90 Å². The molecule has 0 aliphatic rings. The minimum atomic E-state index is -1.10. The van der Waals surface area contributed by atoms with E-state index in [0.717, 1.165) is 16.7 Å². The first kappa shape index (κ1) is 8.78. The Morgan fingerprint density at radius 1 is 1.17 bits per heavy atom. The summed E-state index contributed by atoms with van der Waals surface area (Å²) in [5.74, 6) is -1.10. The van der Waals surface area contributed by atoms with Gasteiger partial charge in [0.25, 0.3) is 0 Å². The first-order valence-corrected chi connectivity index (χ1v) is 3.81. The molecule has 2 heteroatoms. The number of aryl methyl sites for hydroxylation is 2. The van der Waals surface area contributed by atoms with Crippen LogP contribution in [0, 0.1) is 20.8 Å². The maximum atomic E-state index is 10.6. The predicted molar refractivity (Wildman–Crippen MR) is 45.7 cm³/mol. The van der Waals surface area contributed by atoms with Gasteiger partial charge in [-0.15, -0.1) is 0 Å². The highest BCUT2D eigenvalue weighted by atomic mass is 16.4. The third-order valence-corrected chi connectivity index (χ3v) is 2.03. The van der Waals surface area contributed by atoms with Gasteiger partial charge in [0.05, 0.1) is 5.56 Å². The Bertz CT molecular complexity index is 327. The number of hydrogen-bond acceptors (Lipinski definition) is 1. The second kappa shape index (κ2) is 2.97. The highest BCUT2D eigenvalue weighted by Gasteiger charge is 2.10. The summed E-state index contributed by atoms with van der Waals surface area (Å²) in [6.07, 6.45) is 0. The van der Waals surface area contributed by atoms with Gasteiger partial charge in [0.2, 0.25) is 0 Å². The molecule has 12 heavy (non-hydrogen) atoms. The summed E-state index contributed by atoms with van der Waals surface area (Å²) in [5, 5.41) is 10.6. The van der Waals surface area contributed by atoms with Crippen molar-refractivity contribution < 1.29 is 9.90 Å². The molecule has 0 N–H and O–H groups in total. The number of benzene rings is 1. The maximum absolute atomic E-state index is 10.6. The molecule has 0 atom stereocenters. The smallest absolute Gasteiger partial charge is 0.241 e. The van der Waals surface area contributed by atoms with E-state index in [-0.39, 0.29) is 0 Å². The molecule has 0 spiro atoms. The molecule has 0 aromatic heterocycles. The highest BCUT2D eigenvalue weighted by molar-refractivity contribution is 5.89. The molecular formula is C10H11O2. The zero-order valence-electron chi connectivity index (χ0n) is 7.47. The molecule has 0 amide bonds. The summed E-state index contributed by atoms with van der Waals surface area (Å²) < 4.78 is 0. The van der Waals surface area contributed by atoms with Crippen molar-refractivity contribution in [3.8, 4) is 0 Å². The Morgan fingerprint density at radius 3 is 2.25 bits per heavy atom. The molecule has 0 aliphatic heterocycles. The summed E-state index contributed by atoms with van der Waals surface area (Å²) in [6.45, 7) is 5.56. The third kappa shape index (κ3) is 1.47. The maximum Gasteiger partial charge on any atom is 0.386 e. The molecule has 0 saturated carbocycles. The van der Waals surface area contributed by atoms with E-state index in [1.54, 1.807) is 13.0 Å². The van der Waals surface area contributed by atoms with Crippen LogP contribution in [0.2, 0.25) is 0 Å². The average Bonchev–Trinajstić information content (AvgIpc) is 1.96. The Labute approximate surface area is 71.8 Å². The summed E-state index contributed by atoms with van der Waals surface area (Å²) in [7, 11) is 0. The minimum absolute atomic E-state index is 0.299. The fourth-order valence-electron chi connectivity index (χ4n) is 1.25. The molecule has 1 aromatic carbocycles. The third-order valence-electron chi connectivity index (χ3n) is 2.03. The second-order valence-corrected chi connectivity index (χ2v) is 3.04. The van der Waals surface area contributed by atoms with Crippen LogP contribution in [-0.4, -0.2) is 5.97 Å². The standard InChI is InChI=1S/C10H11O2/c1-6-4-7(2)8(3)9(5-6)10(11)12/h4-5H,1-3H3. The monoisotopic (exact) mass is 163 g/mol. The van der Waals surface area contributed by atoms with Gasteiger partial charge in [-0.3, -0.25) is 0 Å². The van der Waals surface area contributed by atoms with Crippen molar-refractivity contribution >= 4 is 5.97 Å². The van der Waals surface area contributed by atoms with Crippen molar-refractivity contribution in [2.75, 3.05) is 0 Å². The lowest BCUT2D eigenvalue weighted by Gasteiger charge is -2.04. The van der Waals surface area contributed by atoms with Gasteiger partial charge in [-0.05, 0) is 43.5 Å². The van der Waals surface area contributed by atoms with Crippen molar-refractivity contribution in [3.63, 3.8) is 0 Å². The molecule has 0 saturated heterocycles. The van der Waals surface area contributed by atoms with Crippen molar-refractivity contribution in [1.29, 1.82) is 0 Å². The Morgan fingerprint density at radius 2 is 1.75 bits per heavy atom. The van der Waals surface area contributed by atoms with Crippen LogP contribution in [0.1, 0.15) is 27.0 Å². The van der Waals surface area contributed by atoms with Crippen molar-refractivity contribution in [3.05, 3.63) is 34.4 Å². The largest absolute Gasteiger partial charge is 0.386 e.